The lowest BCUT2D eigenvalue weighted by Crippen LogP contribution is -2.52. The van der Waals surface area contributed by atoms with Crippen molar-refractivity contribution in [1.29, 1.82) is 5.26 Å². The van der Waals surface area contributed by atoms with E-state index >= 15 is 0 Å². The van der Waals surface area contributed by atoms with Crippen molar-refractivity contribution in [3.05, 3.63) is 29.3 Å². The molecule has 0 saturated carbocycles. The van der Waals surface area contributed by atoms with E-state index < -0.39 is 11.7 Å². The standard InChI is InChI=1S/C15H18F3N3/c1-14(2)9-21(6-5-13(14)20)11-3-4-12(15(16,17)18)10(7-11)8-19/h3-4,7,13H,5-6,9,20H2,1-2H3. The molecule has 3 nitrogen and oxygen atoms in total. The largest absolute Gasteiger partial charge is 0.417 e. The maximum Gasteiger partial charge on any atom is 0.417 e. The van der Waals surface area contributed by atoms with Crippen molar-refractivity contribution in [2.24, 2.45) is 11.1 Å². The number of hydrogen-bond donors (Lipinski definition) is 1. The highest BCUT2D eigenvalue weighted by Crippen LogP contribution is 2.36. The molecule has 0 bridgehead atoms. The Hall–Kier alpha value is -1.74. The number of anilines is 1. The van der Waals surface area contributed by atoms with Gasteiger partial charge in [0.25, 0.3) is 0 Å². The average molecular weight is 297 g/mol. The molecule has 1 saturated heterocycles. The SMILES string of the molecule is CC1(C)CN(c2ccc(C(F)(F)F)c(C#N)c2)CCC1N. The van der Waals surface area contributed by atoms with Crippen molar-refractivity contribution in [3.63, 3.8) is 0 Å². The Kier molecular flexibility index (Phi) is 3.89. The summed E-state index contributed by atoms with van der Waals surface area (Å²) in [5, 5.41) is 8.96. The van der Waals surface area contributed by atoms with E-state index in [1.807, 2.05) is 18.7 Å². The zero-order valence-corrected chi connectivity index (χ0v) is 12.0. The third-order valence-corrected chi connectivity index (χ3v) is 4.11. The number of hydrogen-bond acceptors (Lipinski definition) is 3. The molecule has 1 heterocycles. The normalized spacial score (nSPS) is 22.0. The van der Waals surface area contributed by atoms with E-state index in [0.29, 0.717) is 18.8 Å². The van der Waals surface area contributed by atoms with Gasteiger partial charge in [0, 0.05) is 24.8 Å². The lowest BCUT2D eigenvalue weighted by Gasteiger charge is -2.43. The molecule has 114 valence electrons. The van der Waals surface area contributed by atoms with Crippen LogP contribution in [0.1, 0.15) is 31.4 Å². The maximum absolute atomic E-state index is 12.8. The van der Waals surface area contributed by atoms with E-state index in [1.54, 1.807) is 6.07 Å². The molecular weight excluding hydrogens is 279 g/mol. The van der Waals surface area contributed by atoms with Gasteiger partial charge >= 0.3 is 6.18 Å². The highest BCUT2D eigenvalue weighted by Gasteiger charge is 2.36. The summed E-state index contributed by atoms with van der Waals surface area (Å²) in [6.45, 7) is 5.42. The second-order valence-electron chi connectivity index (χ2n) is 6.14. The lowest BCUT2D eigenvalue weighted by molar-refractivity contribution is -0.137. The van der Waals surface area contributed by atoms with E-state index in [1.165, 1.54) is 12.1 Å². The molecule has 0 aromatic heterocycles. The van der Waals surface area contributed by atoms with Crippen LogP contribution in [0, 0.1) is 16.7 Å². The lowest BCUT2D eigenvalue weighted by atomic mass is 9.79. The molecule has 6 heteroatoms. The van der Waals surface area contributed by atoms with E-state index in [2.05, 4.69) is 0 Å². The minimum atomic E-state index is -4.51. The monoisotopic (exact) mass is 297 g/mol. The summed E-state index contributed by atoms with van der Waals surface area (Å²) in [5.41, 5.74) is 5.36. The van der Waals surface area contributed by atoms with Crippen LogP contribution in [0.5, 0.6) is 0 Å². The van der Waals surface area contributed by atoms with Gasteiger partial charge in [0.05, 0.1) is 17.2 Å². The molecule has 0 aliphatic carbocycles. The van der Waals surface area contributed by atoms with E-state index in [4.69, 9.17) is 11.0 Å². The fourth-order valence-electron chi connectivity index (χ4n) is 2.66. The first-order chi connectivity index (χ1) is 9.65. The fourth-order valence-corrected chi connectivity index (χ4v) is 2.66. The number of nitrogens with two attached hydrogens (primary N) is 1. The molecule has 1 aliphatic heterocycles. The number of nitriles is 1. The van der Waals surface area contributed by atoms with Crippen LogP contribution in [0.25, 0.3) is 0 Å². The molecule has 1 atom stereocenters. The molecule has 2 N–H and O–H groups in total. The Labute approximate surface area is 122 Å². The highest BCUT2D eigenvalue weighted by atomic mass is 19.4. The highest BCUT2D eigenvalue weighted by molar-refractivity contribution is 5.55. The fraction of sp³-hybridized carbons (Fsp3) is 0.533. The second-order valence-corrected chi connectivity index (χ2v) is 6.14. The van der Waals surface area contributed by atoms with Crippen LogP contribution in [0.3, 0.4) is 0 Å². The number of rotatable bonds is 1. The zero-order valence-electron chi connectivity index (χ0n) is 12.0. The van der Waals surface area contributed by atoms with Crippen molar-refractivity contribution in [2.75, 3.05) is 18.0 Å². The van der Waals surface area contributed by atoms with Gasteiger partial charge in [-0.15, -0.1) is 0 Å². The number of nitrogens with zero attached hydrogens (tertiary/aromatic N) is 2. The summed E-state index contributed by atoms with van der Waals surface area (Å²) in [6.07, 6.45) is -3.73. The molecule has 2 rings (SSSR count). The van der Waals surface area contributed by atoms with Gasteiger partial charge in [0.1, 0.15) is 0 Å². The average Bonchev–Trinajstić information content (AvgIpc) is 2.40. The zero-order chi connectivity index (χ0) is 15.8. The van der Waals surface area contributed by atoms with Gasteiger partial charge < -0.3 is 10.6 Å². The van der Waals surface area contributed by atoms with Crippen molar-refractivity contribution < 1.29 is 13.2 Å². The summed E-state index contributed by atoms with van der Waals surface area (Å²) in [5.74, 6) is 0. The molecule has 1 unspecified atom stereocenters. The molecule has 21 heavy (non-hydrogen) atoms. The van der Waals surface area contributed by atoms with Gasteiger partial charge in [-0.2, -0.15) is 18.4 Å². The van der Waals surface area contributed by atoms with Crippen LogP contribution >= 0.6 is 0 Å². The summed E-state index contributed by atoms with van der Waals surface area (Å²) >= 11 is 0. The van der Waals surface area contributed by atoms with Crippen LogP contribution in [0.2, 0.25) is 0 Å². The predicted molar refractivity (Wildman–Crippen MR) is 74.7 cm³/mol. The number of alkyl halides is 3. The maximum atomic E-state index is 12.8. The molecule has 1 aromatic carbocycles. The Bertz CT molecular complexity index is 573. The van der Waals surface area contributed by atoms with Crippen LogP contribution in [-0.2, 0) is 6.18 Å². The molecule has 0 amide bonds. The molecule has 1 fully saturated rings. The van der Waals surface area contributed by atoms with Gasteiger partial charge in [0.2, 0.25) is 0 Å². The molecule has 1 aliphatic rings. The van der Waals surface area contributed by atoms with Crippen molar-refractivity contribution in [3.8, 4) is 6.07 Å². The second kappa shape index (κ2) is 5.23. The molecule has 1 aromatic rings. The third-order valence-electron chi connectivity index (χ3n) is 4.11. The third kappa shape index (κ3) is 3.13. The first kappa shape index (κ1) is 15.6. The number of benzene rings is 1. The van der Waals surface area contributed by atoms with Crippen LogP contribution in [0.4, 0.5) is 18.9 Å². The number of piperidine rings is 1. The predicted octanol–water partition coefficient (Wildman–Crippen LogP) is 3.14. The minimum Gasteiger partial charge on any atom is -0.371 e. The quantitative estimate of drug-likeness (QED) is 0.866. The van der Waals surface area contributed by atoms with Crippen molar-refractivity contribution >= 4 is 5.69 Å². The van der Waals surface area contributed by atoms with Gasteiger partial charge in [-0.05, 0) is 30.0 Å². The van der Waals surface area contributed by atoms with Gasteiger partial charge in [-0.25, -0.2) is 0 Å². The summed E-state index contributed by atoms with van der Waals surface area (Å²) in [6, 6.07) is 5.43. The van der Waals surface area contributed by atoms with E-state index in [-0.39, 0.29) is 17.0 Å². The molecule has 0 spiro atoms. The Morgan fingerprint density at radius 2 is 2.05 bits per heavy atom. The Morgan fingerprint density at radius 3 is 2.57 bits per heavy atom. The summed E-state index contributed by atoms with van der Waals surface area (Å²) < 4.78 is 38.4. The van der Waals surface area contributed by atoms with Crippen molar-refractivity contribution in [1.82, 2.24) is 0 Å². The van der Waals surface area contributed by atoms with Gasteiger partial charge in [-0.1, -0.05) is 13.8 Å². The van der Waals surface area contributed by atoms with E-state index in [9.17, 15) is 13.2 Å². The van der Waals surface area contributed by atoms with Crippen LogP contribution in [0.15, 0.2) is 18.2 Å². The van der Waals surface area contributed by atoms with Gasteiger partial charge in [0.15, 0.2) is 0 Å². The Balaban J connectivity index is 2.33. The smallest absolute Gasteiger partial charge is 0.371 e. The van der Waals surface area contributed by atoms with E-state index in [0.717, 1.165) is 12.5 Å². The minimum absolute atomic E-state index is 0.0682. The first-order valence-corrected chi connectivity index (χ1v) is 6.77. The first-order valence-electron chi connectivity index (χ1n) is 6.77. The molecule has 0 radical (unpaired) electrons. The topological polar surface area (TPSA) is 53.0 Å². The van der Waals surface area contributed by atoms with Crippen LogP contribution < -0.4 is 10.6 Å². The van der Waals surface area contributed by atoms with Crippen molar-refractivity contribution in [2.45, 2.75) is 32.5 Å². The van der Waals surface area contributed by atoms with Gasteiger partial charge in [-0.3, -0.25) is 0 Å². The number of halogens is 3. The summed E-state index contributed by atoms with van der Waals surface area (Å²) in [4.78, 5) is 1.99. The molecular formula is C15H18F3N3. The van der Waals surface area contributed by atoms with Crippen LogP contribution in [-0.4, -0.2) is 19.1 Å². The summed E-state index contributed by atoms with van der Waals surface area (Å²) in [7, 11) is 0. The Morgan fingerprint density at radius 1 is 1.38 bits per heavy atom.